The Kier molecular flexibility index (Phi) is 3.93. The van der Waals surface area contributed by atoms with Crippen molar-refractivity contribution in [3.63, 3.8) is 0 Å². The van der Waals surface area contributed by atoms with Gasteiger partial charge in [0.15, 0.2) is 0 Å². The lowest BCUT2D eigenvalue weighted by Crippen LogP contribution is -2.08. The Morgan fingerprint density at radius 3 is 3.12 bits per heavy atom. The molecule has 6 heteroatoms. The first-order chi connectivity index (χ1) is 8.25. The second-order valence-corrected chi connectivity index (χ2v) is 4.09. The van der Waals surface area contributed by atoms with Crippen LogP contribution < -0.4 is 5.32 Å². The summed E-state index contributed by atoms with van der Waals surface area (Å²) in [6.45, 7) is 3.73. The molecular weight excluding hydrogens is 238 g/mol. The van der Waals surface area contributed by atoms with E-state index in [2.05, 4.69) is 20.3 Å². The highest BCUT2D eigenvalue weighted by Crippen LogP contribution is 2.12. The average Bonchev–Trinajstić information content (AvgIpc) is 2.82. The van der Waals surface area contributed by atoms with Crippen LogP contribution >= 0.6 is 11.6 Å². The van der Waals surface area contributed by atoms with E-state index < -0.39 is 0 Å². The van der Waals surface area contributed by atoms with Crippen LogP contribution in [0.25, 0.3) is 0 Å². The van der Waals surface area contributed by atoms with E-state index in [1.165, 1.54) is 0 Å². The summed E-state index contributed by atoms with van der Waals surface area (Å²) in [6.07, 6.45) is 8.26. The molecule has 0 spiro atoms. The van der Waals surface area contributed by atoms with E-state index in [9.17, 15) is 0 Å². The number of rotatable bonds is 5. The number of nitrogens with one attached hydrogen (secondary N) is 1. The quantitative estimate of drug-likeness (QED) is 0.653. The van der Waals surface area contributed by atoms with Crippen molar-refractivity contribution < 1.29 is 0 Å². The van der Waals surface area contributed by atoms with Crippen molar-refractivity contribution >= 4 is 17.4 Å². The van der Waals surface area contributed by atoms with Gasteiger partial charge in [-0.2, -0.15) is 0 Å². The first-order valence-corrected chi connectivity index (χ1v) is 5.82. The van der Waals surface area contributed by atoms with Gasteiger partial charge in [0.25, 0.3) is 0 Å². The number of imidazole rings is 1. The van der Waals surface area contributed by atoms with Crippen LogP contribution in [0.15, 0.2) is 24.9 Å². The fourth-order valence-electron chi connectivity index (χ4n) is 1.49. The van der Waals surface area contributed by atoms with Crippen LogP contribution in [-0.4, -0.2) is 26.1 Å². The summed E-state index contributed by atoms with van der Waals surface area (Å²) in [6, 6.07) is 0. The molecule has 0 aromatic carbocycles. The van der Waals surface area contributed by atoms with Gasteiger partial charge in [-0.3, -0.25) is 0 Å². The van der Waals surface area contributed by atoms with Crippen LogP contribution in [0, 0.1) is 6.92 Å². The first-order valence-electron chi connectivity index (χ1n) is 5.44. The van der Waals surface area contributed by atoms with Crippen LogP contribution in [0.5, 0.6) is 0 Å². The maximum atomic E-state index is 5.74. The van der Waals surface area contributed by atoms with Crippen molar-refractivity contribution in [2.24, 2.45) is 0 Å². The Labute approximate surface area is 105 Å². The standard InChI is InChI=1S/C11H14ClN5/c1-9-7-15-11(12)16-10(9)14-3-2-5-17-6-4-13-8-17/h4,6-8H,2-3,5H2,1H3,(H,14,15,16). The zero-order valence-electron chi connectivity index (χ0n) is 9.60. The first kappa shape index (κ1) is 11.9. The Morgan fingerprint density at radius 2 is 2.35 bits per heavy atom. The van der Waals surface area contributed by atoms with Crippen molar-refractivity contribution in [1.82, 2.24) is 19.5 Å². The predicted molar refractivity (Wildman–Crippen MR) is 67.1 cm³/mol. The Balaban J connectivity index is 1.80. The minimum atomic E-state index is 0.271. The Hall–Kier alpha value is -1.62. The molecule has 0 aliphatic heterocycles. The molecule has 5 nitrogen and oxygen atoms in total. The summed E-state index contributed by atoms with van der Waals surface area (Å²) in [5.41, 5.74) is 0.997. The summed E-state index contributed by atoms with van der Waals surface area (Å²) >= 11 is 5.74. The van der Waals surface area contributed by atoms with Crippen molar-refractivity contribution in [1.29, 1.82) is 0 Å². The Bertz CT molecular complexity index is 469. The molecule has 0 aliphatic carbocycles. The van der Waals surface area contributed by atoms with Gasteiger partial charge in [-0.05, 0) is 24.9 Å². The summed E-state index contributed by atoms with van der Waals surface area (Å²) in [7, 11) is 0. The van der Waals surface area contributed by atoms with Crippen LogP contribution in [-0.2, 0) is 6.54 Å². The van der Waals surface area contributed by atoms with Gasteiger partial charge in [-0.15, -0.1) is 0 Å². The molecule has 1 N–H and O–H groups in total. The van der Waals surface area contributed by atoms with E-state index >= 15 is 0 Å². The van der Waals surface area contributed by atoms with Crippen molar-refractivity contribution in [3.05, 3.63) is 35.8 Å². The van der Waals surface area contributed by atoms with E-state index in [-0.39, 0.29) is 5.28 Å². The molecular formula is C11H14ClN5. The molecule has 2 aromatic rings. The number of nitrogens with zero attached hydrogens (tertiary/aromatic N) is 4. The maximum Gasteiger partial charge on any atom is 0.224 e. The fraction of sp³-hybridized carbons (Fsp3) is 0.364. The predicted octanol–water partition coefficient (Wildman–Crippen LogP) is 2.14. The molecule has 2 aromatic heterocycles. The molecule has 2 rings (SSSR count). The molecule has 2 heterocycles. The van der Waals surface area contributed by atoms with E-state index in [4.69, 9.17) is 11.6 Å². The summed E-state index contributed by atoms with van der Waals surface area (Å²) in [5, 5.41) is 3.52. The lowest BCUT2D eigenvalue weighted by Gasteiger charge is -2.08. The third-order valence-corrected chi connectivity index (χ3v) is 2.57. The van der Waals surface area contributed by atoms with E-state index in [1.807, 2.05) is 24.0 Å². The second-order valence-electron chi connectivity index (χ2n) is 3.75. The van der Waals surface area contributed by atoms with Crippen LogP contribution in [0.3, 0.4) is 0 Å². The van der Waals surface area contributed by atoms with Gasteiger partial charge in [0, 0.05) is 37.2 Å². The highest BCUT2D eigenvalue weighted by molar-refractivity contribution is 6.28. The number of aryl methyl sites for hydroxylation is 2. The van der Waals surface area contributed by atoms with Crippen molar-refractivity contribution in [2.75, 3.05) is 11.9 Å². The molecule has 0 radical (unpaired) electrons. The largest absolute Gasteiger partial charge is 0.370 e. The molecule has 0 atom stereocenters. The van der Waals surface area contributed by atoms with Gasteiger partial charge >= 0.3 is 0 Å². The van der Waals surface area contributed by atoms with Gasteiger partial charge in [-0.25, -0.2) is 15.0 Å². The van der Waals surface area contributed by atoms with E-state index in [0.29, 0.717) is 0 Å². The minimum absolute atomic E-state index is 0.271. The summed E-state index contributed by atoms with van der Waals surface area (Å²) in [4.78, 5) is 12.0. The average molecular weight is 252 g/mol. The van der Waals surface area contributed by atoms with E-state index in [0.717, 1.165) is 30.9 Å². The second kappa shape index (κ2) is 5.63. The number of anilines is 1. The summed E-state index contributed by atoms with van der Waals surface area (Å²) in [5.74, 6) is 0.802. The molecule has 0 saturated carbocycles. The molecule has 0 unspecified atom stereocenters. The highest BCUT2D eigenvalue weighted by atomic mass is 35.5. The van der Waals surface area contributed by atoms with Crippen LogP contribution in [0.1, 0.15) is 12.0 Å². The molecule has 0 saturated heterocycles. The van der Waals surface area contributed by atoms with Gasteiger partial charge in [0.1, 0.15) is 5.82 Å². The monoisotopic (exact) mass is 251 g/mol. The topological polar surface area (TPSA) is 55.6 Å². The number of hydrogen-bond donors (Lipinski definition) is 1. The number of hydrogen-bond acceptors (Lipinski definition) is 4. The van der Waals surface area contributed by atoms with Crippen LogP contribution in [0.2, 0.25) is 5.28 Å². The normalized spacial score (nSPS) is 10.5. The SMILES string of the molecule is Cc1cnc(Cl)nc1NCCCn1ccnc1. The smallest absolute Gasteiger partial charge is 0.224 e. The minimum Gasteiger partial charge on any atom is -0.370 e. The number of aromatic nitrogens is 4. The zero-order chi connectivity index (χ0) is 12.1. The van der Waals surface area contributed by atoms with Gasteiger partial charge in [0.05, 0.1) is 6.33 Å². The molecule has 90 valence electrons. The highest BCUT2D eigenvalue weighted by Gasteiger charge is 2.01. The van der Waals surface area contributed by atoms with Gasteiger partial charge in [-0.1, -0.05) is 0 Å². The van der Waals surface area contributed by atoms with Crippen molar-refractivity contribution in [3.8, 4) is 0 Å². The van der Waals surface area contributed by atoms with Crippen molar-refractivity contribution in [2.45, 2.75) is 19.9 Å². The lowest BCUT2D eigenvalue weighted by molar-refractivity contribution is 0.660. The molecule has 0 fully saturated rings. The lowest BCUT2D eigenvalue weighted by atomic mass is 10.3. The van der Waals surface area contributed by atoms with E-state index in [1.54, 1.807) is 12.4 Å². The molecule has 0 amide bonds. The maximum absolute atomic E-state index is 5.74. The summed E-state index contributed by atoms with van der Waals surface area (Å²) < 4.78 is 2.04. The fourth-order valence-corrected chi connectivity index (χ4v) is 1.62. The third-order valence-electron chi connectivity index (χ3n) is 2.39. The van der Waals surface area contributed by atoms with Gasteiger partial charge < -0.3 is 9.88 Å². The molecule has 0 bridgehead atoms. The number of halogens is 1. The van der Waals surface area contributed by atoms with Gasteiger partial charge in [0.2, 0.25) is 5.28 Å². The molecule has 0 aliphatic rings. The Morgan fingerprint density at radius 1 is 1.47 bits per heavy atom. The molecule has 17 heavy (non-hydrogen) atoms. The van der Waals surface area contributed by atoms with Crippen LogP contribution in [0.4, 0.5) is 5.82 Å². The zero-order valence-corrected chi connectivity index (χ0v) is 10.4. The third kappa shape index (κ3) is 3.42.